The summed E-state index contributed by atoms with van der Waals surface area (Å²) < 4.78 is 4.91. The molecule has 0 heterocycles. The lowest BCUT2D eigenvalue weighted by Crippen LogP contribution is -1.78. The van der Waals surface area contributed by atoms with E-state index in [9.17, 15) is 0 Å². The highest BCUT2D eigenvalue weighted by Gasteiger charge is 1.80. The van der Waals surface area contributed by atoms with Crippen molar-refractivity contribution in [1.29, 1.82) is 0 Å². The van der Waals surface area contributed by atoms with E-state index < -0.39 is 0 Å². The van der Waals surface area contributed by atoms with Crippen LogP contribution < -0.4 is 4.74 Å². The maximum atomic E-state index is 4.91. The van der Waals surface area contributed by atoms with Gasteiger partial charge in [-0.1, -0.05) is 30.4 Å². The van der Waals surface area contributed by atoms with Gasteiger partial charge in [0.15, 0.2) is 0 Å². The van der Waals surface area contributed by atoms with Crippen LogP contribution in [-0.2, 0) is 0 Å². The van der Waals surface area contributed by atoms with Crippen molar-refractivity contribution in [3.8, 4) is 5.75 Å². The Kier molecular flexibility index (Phi) is 8.56. The highest BCUT2D eigenvalue weighted by Crippen LogP contribution is 2.05. The number of hydrogen-bond acceptors (Lipinski definition) is 1. The summed E-state index contributed by atoms with van der Waals surface area (Å²) in [5.74, 6) is 0.910. The number of allylic oxidation sites excluding steroid dienone is 2. The van der Waals surface area contributed by atoms with Crippen molar-refractivity contribution in [2.24, 2.45) is 0 Å². The van der Waals surface area contributed by atoms with Crippen LogP contribution in [0.3, 0.4) is 0 Å². The lowest BCUT2D eigenvalue weighted by Gasteiger charge is -1.93. The van der Waals surface area contributed by atoms with Crippen molar-refractivity contribution in [3.05, 3.63) is 55.6 Å². The van der Waals surface area contributed by atoms with E-state index in [0.29, 0.717) is 0 Å². The van der Waals surface area contributed by atoms with Gasteiger partial charge < -0.3 is 4.74 Å². The predicted octanol–water partition coefficient (Wildman–Crippen LogP) is 3.83. The molecule has 0 fully saturated rings. The molecule has 0 saturated carbocycles. The Morgan fingerprint density at radius 3 is 1.86 bits per heavy atom. The first kappa shape index (κ1) is 12.5. The zero-order valence-electron chi connectivity index (χ0n) is 8.78. The average molecular weight is 190 g/mol. The fourth-order valence-corrected chi connectivity index (χ4v) is 0.792. The predicted molar refractivity (Wildman–Crippen MR) is 62.6 cm³/mol. The van der Waals surface area contributed by atoms with Crippen molar-refractivity contribution in [1.82, 2.24) is 0 Å². The van der Waals surface area contributed by atoms with Gasteiger partial charge in [-0.25, -0.2) is 0 Å². The SMILES string of the molecule is C=CCCC=C.COc1ccccc1. The summed E-state index contributed by atoms with van der Waals surface area (Å²) in [6.07, 6.45) is 5.90. The van der Waals surface area contributed by atoms with Crippen molar-refractivity contribution in [2.75, 3.05) is 7.11 Å². The average Bonchev–Trinajstić information content (AvgIpc) is 2.28. The molecular formula is C13H18O. The van der Waals surface area contributed by atoms with E-state index in [1.807, 2.05) is 42.5 Å². The first-order valence-electron chi connectivity index (χ1n) is 4.66. The molecule has 0 aliphatic rings. The van der Waals surface area contributed by atoms with E-state index in [4.69, 9.17) is 4.74 Å². The van der Waals surface area contributed by atoms with Crippen LogP contribution in [0.15, 0.2) is 55.6 Å². The Morgan fingerprint density at radius 1 is 1.07 bits per heavy atom. The minimum atomic E-state index is 0.910. The highest BCUT2D eigenvalue weighted by molar-refractivity contribution is 5.20. The van der Waals surface area contributed by atoms with Crippen molar-refractivity contribution < 1.29 is 4.74 Å². The molecule has 0 bridgehead atoms. The molecule has 0 N–H and O–H groups in total. The third-order valence-electron chi connectivity index (χ3n) is 1.55. The molecule has 0 saturated heterocycles. The second-order valence-electron chi connectivity index (χ2n) is 2.67. The summed E-state index contributed by atoms with van der Waals surface area (Å²) in [5, 5.41) is 0. The minimum Gasteiger partial charge on any atom is -0.497 e. The number of hydrogen-bond donors (Lipinski definition) is 0. The molecule has 0 radical (unpaired) electrons. The van der Waals surface area contributed by atoms with Gasteiger partial charge in [0.25, 0.3) is 0 Å². The summed E-state index contributed by atoms with van der Waals surface area (Å²) in [6.45, 7) is 7.10. The second-order valence-corrected chi connectivity index (χ2v) is 2.67. The van der Waals surface area contributed by atoms with Gasteiger partial charge in [-0.05, 0) is 25.0 Å². The van der Waals surface area contributed by atoms with Crippen LogP contribution in [0.25, 0.3) is 0 Å². The van der Waals surface area contributed by atoms with E-state index in [0.717, 1.165) is 18.6 Å². The van der Waals surface area contributed by atoms with E-state index in [-0.39, 0.29) is 0 Å². The minimum absolute atomic E-state index is 0.910. The number of rotatable bonds is 4. The lowest BCUT2D eigenvalue weighted by atomic mass is 10.3. The van der Waals surface area contributed by atoms with Gasteiger partial charge in [0.1, 0.15) is 5.75 Å². The monoisotopic (exact) mass is 190 g/mol. The first-order valence-corrected chi connectivity index (χ1v) is 4.66. The molecule has 1 rings (SSSR count). The molecule has 14 heavy (non-hydrogen) atoms. The summed E-state index contributed by atoms with van der Waals surface area (Å²) in [4.78, 5) is 0. The fourth-order valence-electron chi connectivity index (χ4n) is 0.792. The molecular weight excluding hydrogens is 172 g/mol. The lowest BCUT2D eigenvalue weighted by molar-refractivity contribution is 0.415. The number of para-hydroxylation sites is 1. The van der Waals surface area contributed by atoms with Gasteiger partial charge in [0.05, 0.1) is 7.11 Å². The maximum absolute atomic E-state index is 4.91. The number of methoxy groups -OCH3 is 1. The summed E-state index contributed by atoms with van der Waals surface area (Å²) >= 11 is 0. The van der Waals surface area contributed by atoms with Crippen molar-refractivity contribution in [2.45, 2.75) is 12.8 Å². The summed E-state index contributed by atoms with van der Waals surface area (Å²) in [6, 6.07) is 9.68. The fraction of sp³-hybridized carbons (Fsp3) is 0.231. The summed E-state index contributed by atoms with van der Waals surface area (Å²) in [7, 11) is 1.66. The molecule has 76 valence electrons. The Labute approximate surface area is 86.7 Å². The molecule has 0 aromatic heterocycles. The molecule has 0 aliphatic carbocycles. The zero-order chi connectivity index (χ0) is 10.6. The third kappa shape index (κ3) is 7.17. The Hall–Kier alpha value is -1.50. The first-order chi connectivity index (χ1) is 6.85. The quantitative estimate of drug-likeness (QED) is 0.518. The largest absolute Gasteiger partial charge is 0.497 e. The van der Waals surface area contributed by atoms with E-state index in [1.54, 1.807) is 7.11 Å². The number of unbranched alkanes of at least 4 members (excludes halogenated alkanes) is 1. The van der Waals surface area contributed by atoms with Gasteiger partial charge in [0, 0.05) is 0 Å². The van der Waals surface area contributed by atoms with Gasteiger partial charge in [-0.15, -0.1) is 13.2 Å². The van der Waals surface area contributed by atoms with Crippen molar-refractivity contribution >= 4 is 0 Å². The normalized spacial score (nSPS) is 8.07. The Balaban J connectivity index is 0.000000255. The standard InChI is InChI=1S/C7H8O.C6H10/c1-8-7-5-3-2-4-6-7;1-3-5-6-4-2/h2-6H,1H3;3-4H,1-2,5-6H2. The van der Waals surface area contributed by atoms with Gasteiger partial charge in [-0.2, -0.15) is 0 Å². The molecule has 1 aromatic carbocycles. The highest BCUT2D eigenvalue weighted by atomic mass is 16.5. The molecule has 1 aromatic rings. The van der Waals surface area contributed by atoms with E-state index in [1.165, 1.54) is 0 Å². The van der Waals surface area contributed by atoms with Crippen LogP contribution in [0.2, 0.25) is 0 Å². The van der Waals surface area contributed by atoms with Crippen LogP contribution in [-0.4, -0.2) is 7.11 Å². The van der Waals surface area contributed by atoms with Crippen LogP contribution in [0.4, 0.5) is 0 Å². The third-order valence-corrected chi connectivity index (χ3v) is 1.55. The molecule has 1 nitrogen and oxygen atoms in total. The molecule has 0 amide bonds. The molecule has 0 atom stereocenters. The van der Waals surface area contributed by atoms with Crippen LogP contribution in [0.5, 0.6) is 5.75 Å². The number of ether oxygens (including phenoxy) is 1. The smallest absolute Gasteiger partial charge is 0.118 e. The van der Waals surface area contributed by atoms with Gasteiger partial charge in [0.2, 0.25) is 0 Å². The van der Waals surface area contributed by atoms with Gasteiger partial charge in [-0.3, -0.25) is 0 Å². The molecule has 0 aliphatic heterocycles. The summed E-state index contributed by atoms with van der Waals surface area (Å²) in [5.41, 5.74) is 0. The molecule has 0 spiro atoms. The Morgan fingerprint density at radius 2 is 1.57 bits per heavy atom. The zero-order valence-corrected chi connectivity index (χ0v) is 8.78. The van der Waals surface area contributed by atoms with E-state index in [2.05, 4.69) is 13.2 Å². The van der Waals surface area contributed by atoms with Gasteiger partial charge >= 0.3 is 0 Å². The van der Waals surface area contributed by atoms with Crippen molar-refractivity contribution in [3.63, 3.8) is 0 Å². The number of benzene rings is 1. The molecule has 0 unspecified atom stereocenters. The second kappa shape index (κ2) is 9.59. The van der Waals surface area contributed by atoms with Crippen LogP contribution in [0, 0.1) is 0 Å². The topological polar surface area (TPSA) is 9.23 Å². The molecule has 1 heteroatoms. The van der Waals surface area contributed by atoms with Crippen LogP contribution >= 0.6 is 0 Å². The maximum Gasteiger partial charge on any atom is 0.118 e. The Bertz CT molecular complexity index is 231. The van der Waals surface area contributed by atoms with Crippen LogP contribution in [0.1, 0.15) is 12.8 Å². The van der Waals surface area contributed by atoms with E-state index >= 15 is 0 Å².